The molecule has 1 aromatic carbocycles. The molecule has 0 unspecified atom stereocenters. The third-order valence-electron chi connectivity index (χ3n) is 5.65. The summed E-state index contributed by atoms with van der Waals surface area (Å²) in [5.41, 5.74) is 5.87. The third-order valence-corrected chi connectivity index (χ3v) is 6.01. The molecule has 1 aliphatic heterocycles. The van der Waals surface area contributed by atoms with Gasteiger partial charge >= 0.3 is 0 Å². The minimum atomic E-state index is -0.0547. The predicted octanol–water partition coefficient (Wildman–Crippen LogP) is 3.51. The predicted molar refractivity (Wildman–Crippen MR) is 119 cm³/mol. The molecule has 0 amide bonds. The molecule has 1 fully saturated rings. The number of thiocarbonyl (C=S) groups is 1. The Morgan fingerprint density at radius 2 is 1.86 bits per heavy atom. The lowest BCUT2D eigenvalue weighted by atomic mass is 9.97. The van der Waals surface area contributed by atoms with Gasteiger partial charge in [0.05, 0.1) is 24.4 Å². The summed E-state index contributed by atoms with van der Waals surface area (Å²) < 4.78 is 2.35. The first-order valence-electron chi connectivity index (χ1n) is 9.89. The molecule has 4 rings (SSSR count). The summed E-state index contributed by atoms with van der Waals surface area (Å²) in [5, 5.41) is 13.7. The van der Waals surface area contributed by atoms with Gasteiger partial charge in [-0.1, -0.05) is 36.4 Å². The average Bonchev–Trinajstić information content (AvgIpc) is 3.21. The van der Waals surface area contributed by atoms with Crippen LogP contribution in [0.15, 0.2) is 60.8 Å². The number of aliphatic hydroxyl groups excluding tert-OH is 1. The van der Waals surface area contributed by atoms with Crippen LogP contribution in [0.3, 0.4) is 0 Å². The molecule has 6 heteroatoms. The molecule has 2 N–H and O–H groups in total. The zero-order valence-electron chi connectivity index (χ0n) is 16.7. The topological polar surface area (TPSA) is 53.3 Å². The fourth-order valence-corrected chi connectivity index (χ4v) is 4.56. The van der Waals surface area contributed by atoms with E-state index in [-0.39, 0.29) is 18.7 Å². The zero-order chi connectivity index (χ0) is 20.4. The lowest BCUT2D eigenvalue weighted by Gasteiger charge is -2.27. The molecule has 0 bridgehead atoms. The molecule has 0 spiro atoms. The molecule has 3 heterocycles. The quantitative estimate of drug-likeness (QED) is 0.614. The molecule has 0 aliphatic carbocycles. The maximum absolute atomic E-state index is 9.64. The van der Waals surface area contributed by atoms with Gasteiger partial charge in [0.15, 0.2) is 5.11 Å². The molecular formula is C23H26N4OS. The third kappa shape index (κ3) is 3.78. The molecule has 0 radical (unpaired) electrons. The summed E-state index contributed by atoms with van der Waals surface area (Å²) in [6, 6.07) is 18.6. The molecule has 2 atom stereocenters. The smallest absolute Gasteiger partial charge is 0.170 e. The van der Waals surface area contributed by atoms with Gasteiger partial charge in [-0.3, -0.25) is 4.98 Å². The summed E-state index contributed by atoms with van der Waals surface area (Å²) in [5.74, 6) is 0. The normalized spacial score (nSPS) is 18.9. The van der Waals surface area contributed by atoms with Gasteiger partial charge < -0.3 is 19.9 Å². The van der Waals surface area contributed by atoms with Crippen molar-refractivity contribution >= 4 is 17.3 Å². The van der Waals surface area contributed by atoms with Crippen LogP contribution in [0.5, 0.6) is 0 Å². The number of hydrogen-bond acceptors (Lipinski definition) is 3. The molecule has 0 saturated carbocycles. The molecule has 3 aromatic rings. The van der Waals surface area contributed by atoms with Gasteiger partial charge in [0.25, 0.3) is 0 Å². The number of nitrogens with one attached hydrogen (secondary N) is 1. The molecule has 1 aliphatic rings. The zero-order valence-corrected chi connectivity index (χ0v) is 17.6. The van der Waals surface area contributed by atoms with Gasteiger partial charge in [0.2, 0.25) is 0 Å². The van der Waals surface area contributed by atoms with Gasteiger partial charge in [-0.25, -0.2) is 0 Å². The number of hydrogen-bond donors (Lipinski definition) is 2. The minimum absolute atomic E-state index is 0.0136. The summed E-state index contributed by atoms with van der Waals surface area (Å²) in [6.07, 6.45) is 1.81. The molecular weight excluding hydrogens is 380 g/mol. The number of benzene rings is 1. The number of aryl methyl sites for hydroxylation is 1. The molecule has 29 heavy (non-hydrogen) atoms. The van der Waals surface area contributed by atoms with Crippen molar-refractivity contribution in [3.8, 4) is 0 Å². The van der Waals surface area contributed by atoms with E-state index in [0.29, 0.717) is 11.7 Å². The van der Waals surface area contributed by atoms with Crippen molar-refractivity contribution < 1.29 is 5.11 Å². The maximum atomic E-state index is 9.64. The van der Waals surface area contributed by atoms with E-state index >= 15 is 0 Å². The van der Waals surface area contributed by atoms with E-state index in [0.717, 1.165) is 12.2 Å². The molecule has 150 valence electrons. The summed E-state index contributed by atoms with van der Waals surface area (Å²) in [7, 11) is 0. The fraction of sp³-hybridized carbons (Fsp3) is 0.304. The number of aromatic nitrogens is 2. The number of β-amino-alcohol motifs (C(OH)–C–C–N with tert-alkyl or cyclic N) is 1. The highest BCUT2D eigenvalue weighted by molar-refractivity contribution is 7.80. The largest absolute Gasteiger partial charge is 0.395 e. The lowest BCUT2D eigenvalue weighted by molar-refractivity contribution is 0.222. The van der Waals surface area contributed by atoms with Crippen molar-refractivity contribution in [3.63, 3.8) is 0 Å². The second-order valence-electron chi connectivity index (χ2n) is 7.44. The summed E-state index contributed by atoms with van der Waals surface area (Å²) in [4.78, 5) is 6.66. The van der Waals surface area contributed by atoms with Crippen LogP contribution in [0.1, 0.15) is 40.3 Å². The van der Waals surface area contributed by atoms with Gasteiger partial charge in [0, 0.05) is 30.7 Å². The average molecular weight is 407 g/mol. The highest BCUT2D eigenvalue weighted by atomic mass is 32.1. The van der Waals surface area contributed by atoms with Crippen molar-refractivity contribution in [2.75, 3.05) is 13.2 Å². The Balaban J connectivity index is 1.75. The Hall–Kier alpha value is -2.70. The van der Waals surface area contributed by atoms with E-state index in [1.807, 2.05) is 30.5 Å². The Bertz CT molecular complexity index is 987. The van der Waals surface area contributed by atoms with Crippen LogP contribution in [0.25, 0.3) is 0 Å². The van der Waals surface area contributed by atoms with E-state index in [4.69, 9.17) is 12.2 Å². The van der Waals surface area contributed by atoms with Crippen LogP contribution >= 0.6 is 12.2 Å². The lowest BCUT2D eigenvalue weighted by Crippen LogP contribution is -2.32. The number of rotatable bonds is 6. The van der Waals surface area contributed by atoms with Gasteiger partial charge in [0.1, 0.15) is 0 Å². The maximum Gasteiger partial charge on any atom is 0.170 e. The van der Waals surface area contributed by atoms with Crippen LogP contribution in [0, 0.1) is 13.8 Å². The fourth-order valence-electron chi connectivity index (χ4n) is 4.23. The van der Waals surface area contributed by atoms with Crippen molar-refractivity contribution in [1.82, 2.24) is 19.8 Å². The second-order valence-corrected chi connectivity index (χ2v) is 7.83. The first-order chi connectivity index (χ1) is 14.1. The van der Waals surface area contributed by atoms with E-state index in [1.54, 1.807) is 0 Å². The number of aliphatic hydroxyl groups is 1. The Morgan fingerprint density at radius 3 is 2.55 bits per heavy atom. The Kier molecular flexibility index (Phi) is 5.65. The monoisotopic (exact) mass is 406 g/mol. The van der Waals surface area contributed by atoms with Gasteiger partial charge in [-0.05, 0) is 55.4 Å². The van der Waals surface area contributed by atoms with Crippen LogP contribution in [-0.2, 0) is 6.54 Å². The summed E-state index contributed by atoms with van der Waals surface area (Å²) >= 11 is 5.62. The van der Waals surface area contributed by atoms with Crippen LogP contribution in [-0.4, -0.2) is 37.8 Å². The molecule has 2 aromatic heterocycles. The highest BCUT2D eigenvalue weighted by Crippen LogP contribution is 2.40. The number of pyridine rings is 1. The first-order valence-corrected chi connectivity index (χ1v) is 10.3. The number of nitrogens with zero attached hydrogens (tertiary/aromatic N) is 3. The van der Waals surface area contributed by atoms with Crippen molar-refractivity contribution in [2.24, 2.45) is 0 Å². The van der Waals surface area contributed by atoms with Gasteiger partial charge in [-0.15, -0.1) is 0 Å². The standard InChI is InChI=1S/C23H26N4OS/c1-16-14-19(17(2)27(16)15-18-8-4-3-5-9-18)22-21(20-10-6-7-11-24-20)25-23(29)26(22)12-13-28/h3-11,14,21-22,28H,12-13,15H2,1-2H3,(H,25,29)/t21-,22+/m1/s1. The SMILES string of the molecule is Cc1cc([C@H]2[C@@H](c3ccccn3)NC(=S)N2CCO)c(C)n1Cc1ccccc1. The van der Waals surface area contributed by atoms with E-state index in [1.165, 1.54) is 22.5 Å². The Morgan fingerprint density at radius 1 is 1.10 bits per heavy atom. The van der Waals surface area contributed by atoms with Crippen molar-refractivity contribution in [2.45, 2.75) is 32.5 Å². The summed E-state index contributed by atoms with van der Waals surface area (Å²) in [6.45, 7) is 5.68. The second kappa shape index (κ2) is 8.35. The van der Waals surface area contributed by atoms with Crippen LogP contribution in [0.4, 0.5) is 0 Å². The molecule has 5 nitrogen and oxygen atoms in total. The van der Waals surface area contributed by atoms with E-state index in [2.05, 4.69) is 63.9 Å². The first kappa shape index (κ1) is 19.6. The molecule has 1 saturated heterocycles. The highest BCUT2D eigenvalue weighted by Gasteiger charge is 2.40. The Labute approximate surface area is 177 Å². The van der Waals surface area contributed by atoms with Crippen molar-refractivity contribution in [1.29, 1.82) is 0 Å². The van der Waals surface area contributed by atoms with Gasteiger partial charge in [-0.2, -0.15) is 0 Å². The minimum Gasteiger partial charge on any atom is -0.395 e. The van der Waals surface area contributed by atoms with E-state index < -0.39 is 0 Å². The van der Waals surface area contributed by atoms with Crippen LogP contribution in [0.2, 0.25) is 0 Å². The van der Waals surface area contributed by atoms with E-state index in [9.17, 15) is 5.11 Å². The van der Waals surface area contributed by atoms with Crippen LogP contribution < -0.4 is 5.32 Å². The van der Waals surface area contributed by atoms with Crippen molar-refractivity contribution in [3.05, 3.63) is 89.0 Å².